The second-order valence-electron chi connectivity index (χ2n) is 9.51. The Labute approximate surface area is 210 Å². The lowest BCUT2D eigenvalue weighted by Crippen LogP contribution is -2.46. The van der Waals surface area contributed by atoms with Gasteiger partial charge in [-0.25, -0.2) is 0 Å². The van der Waals surface area contributed by atoms with Crippen LogP contribution in [0.3, 0.4) is 0 Å². The largest absolute Gasteiger partial charge is 0.329 e. The number of hydrogen-bond donors (Lipinski definition) is 4. The molecule has 0 aliphatic heterocycles. The van der Waals surface area contributed by atoms with Gasteiger partial charge in [0.1, 0.15) is 0 Å². The number of benzene rings is 4. The molecule has 5 N–H and O–H groups in total. The van der Waals surface area contributed by atoms with Gasteiger partial charge in [-0.1, -0.05) is 84.9 Å². The van der Waals surface area contributed by atoms with Gasteiger partial charge in [-0.05, 0) is 78.5 Å². The summed E-state index contributed by atoms with van der Waals surface area (Å²) in [7, 11) is 2.02. The Balaban J connectivity index is 1.32. The minimum absolute atomic E-state index is 0.259. The van der Waals surface area contributed by atoms with E-state index in [4.69, 9.17) is 5.73 Å². The Morgan fingerprint density at radius 3 is 2.34 bits per heavy atom. The summed E-state index contributed by atoms with van der Waals surface area (Å²) in [5.74, 6) is 0. The van der Waals surface area contributed by atoms with Crippen LogP contribution in [0.5, 0.6) is 0 Å². The van der Waals surface area contributed by atoms with Crippen molar-refractivity contribution in [3.8, 4) is 0 Å². The molecule has 0 spiro atoms. The zero-order valence-corrected chi connectivity index (χ0v) is 21.0. The molecule has 35 heavy (non-hydrogen) atoms. The summed E-state index contributed by atoms with van der Waals surface area (Å²) in [6.45, 7) is 3.57. The lowest BCUT2D eigenvalue weighted by molar-refractivity contribution is 0.406. The lowest BCUT2D eigenvalue weighted by Gasteiger charge is -2.24. The van der Waals surface area contributed by atoms with E-state index >= 15 is 0 Å². The first-order chi connectivity index (χ1) is 17.3. The van der Waals surface area contributed by atoms with Crippen LogP contribution in [0.1, 0.15) is 24.0 Å². The van der Waals surface area contributed by atoms with Crippen molar-refractivity contribution in [1.82, 2.24) is 16.0 Å². The van der Waals surface area contributed by atoms with Crippen molar-refractivity contribution in [1.29, 1.82) is 0 Å². The molecule has 2 atom stereocenters. The highest BCUT2D eigenvalue weighted by Gasteiger charge is 2.14. The summed E-state index contributed by atoms with van der Waals surface area (Å²) < 4.78 is 0. The molecule has 0 aromatic heterocycles. The number of fused-ring (bicyclic) bond motifs is 2. The second-order valence-corrected chi connectivity index (χ2v) is 9.51. The first-order valence-corrected chi connectivity index (χ1v) is 13.0. The fourth-order valence-electron chi connectivity index (χ4n) is 4.90. The van der Waals surface area contributed by atoms with E-state index in [2.05, 4.69) is 101 Å². The molecule has 4 rings (SSSR count). The van der Waals surface area contributed by atoms with Gasteiger partial charge in [0.05, 0.1) is 0 Å². The molecule has 0 radical (unpaired) electrons. The van der Waals surface area contributed by atoms with Crippen molar-refractivity contribution in [2.45, 2.75) is 37.8 Å². The van der Waals surface area contributed by atoms with Crippen molar-refractivity contribution in [3.05, 3.63) is 96.1 Å². The Kier molecular flexibility index (Phi) is 9.67. The lowest BCUT2D eigenvalue weighted by atomic mass is 9.98. The Morgan fingerprint density at radius 1 is 0.743 bits per heavy atom. The van der Waals surface area contributed by atoms with Crippen molar-refractivity contribution >= 4 is 21.5 Å². The van der Waals surface area contributed by atoms with Crippen LogP contribution < -0.4 is 21.7 Å². The van der Waals surface area contributed by atoms with Crippen LogP contribution in [0.4, 0.5) is 0 Å². The normalized spacial score (nSPS) is 13.3. The maximum Gasteiger partial charge on any atom is 0.0231 e. The monoisotopic (exact) mass is 468 g/mol. The molecule has 4 heteroatoms. The number of hydrogen-bond acceptors (Lipinski definition) is 4. The number of nitrogens with two attached hydrogens (primary N) is 1. The van der Waals surface area contributed by atoms with Gasteiger partial charge in [-0.15, -0.1) is 0 Å². The van der Waals surface area contributed by atoms with E-state index in [0.29, 0.717) is 12.6 Å². The van der Waals surface area contributed by atoms with Gasteiger partial charge in [0.15, 0.2) is 0 Å². The maximum atomic E-state index is 6.20. The molecular formula is C31H40N4. The van der Waals surface area contributed by atoms with Crippen LogP contribution in [0.25, 0.3) is 21.5 Å². The summed E-state index contributed by atoms with van der Waals surface area (Å²) in [6.07, 6.45) is 4.27. The SMILES string of the molecule is CNCCCC(CNC(CN)Cc1cccc2ccccc12)NCCc1ccc2ccccc2c1. The third kappa shape index (κ3) is 7.36. The van der Waals surface area contributed by atoms with Crippen LogP contribution in [-0.4, -0.2) is 45.3 Å². The van der Waals surface area contributed by atoms with E-state index in [0.717, 1.165) is 45.3 Å². The van der Waals surface area contributed by atoms with E-state index in [-0.39, 0.29) is 6.04 Å². The Morgan fingerprint density at radius 2 is 1.51 bits per heavy atom. The van der Waals surface area contributed by atoms with E-state index in [1.807, 2.05) is 7.05 Å². The van der Waals surface area contributed by atoms with E-state index in [9.17, 15) is 0 Å². The second kappa shape index (κ2) is 13.4. The van der Waals surface area contributed by atoms with Crippen molar-refractivity contribution in [2.24, 2.45) is 5.73 Å². The topological polar surface area (TPSA) is 62.1 Å². The maximum absolute atomic E-state index is 6.20. The minimum atomic E-state index is 0.259. The fourth-order valence-corrected chi connectivity index (χ4v) is 4.90. The molecular weight excluding hydrogens is 428 g/mol. The van der Waals surface area contributed by atoms with Gasteiger partial charge in [-0.2, -0.15) is 0 Å². The molecule has 4 nitrogen and oxygen atoms in total. The molecule has 4 aromatic carbocycles. The molecule has 0 aliphatic rings. The molecule has 0 fully saturated rings. The smallest absolute Gasteiger partial charge is 0.0231 e. The van der Waals surface area contributed by atoms with E-state index in [1.165, 1.54) is 32.7 Å². The number of nitrogens with one attached hydrogen (secondary N) is 3. The zero-order valence-electron chi connectivity index (χ0n) is 21.0. The van der Waals surface area contributed by atoms with Crippen LogP contribution in [0.15, 0.2) is 84.9 Å². The molecule has 0 bridgehead atoms. The van der Waals surface area contributed by atoms with Crippen molar-refractivity contribution in [3.63, 3.8) is 0 Å². The van der Waals surface area contributed by atoms with Gasteiger partial charge in [0.2, 0.25) is 0 Å². The summed E-state index contributed by atoms with van der Waals surface area (Å²) >= 11 is 0. The number of rotatable bonds is 14. The highest BCUT2D eigenvalue weighted by molar-refractivity contribution is 5.85. The van der Waals surface area contributed by atoms with Crippen LogP contribution >= 0.6 is 0 Å². The molecule has 4 aromatic rings. The quantitative estimate of drug-likeness (QED) is 0.203. The average molecular weight is 469 g/mol. The van der Waals surface area contributed by atoms with Gasteiger partial charge < -0.3 is 21.7 Å². The fraction of sp³-hybridized carbons (Fsp3) is 0.355. The van der Waals surface area contributed by atoms with E-state index in [1.54, 1.807) is 0 Å². The molecule has 0 saturated heterocycles. The summed E-state index contributed by atoms with van der Waals surface area (Å²) in [4.78, 5) is 0. The summed E-state index contributed by atoms with van der Waals surface area (Å²) in [5, 5.41) is 16.1. The van der Waals surface area contributed by atoms with Gasteiger partial charge in [-0.3, -0.25) is 0 Å². The van der Waals surface area contributed by atoms with Gasteiger partial charge in [0.25, 0.3) is 0 Å². The third-order valence-corrected chi connectivity index (χ3v) is 6.92. The highest BCUT2D eigenvalue weighted by Crippen LogP contribution is 2.20. The predicted molar refractivity (Wildman–Crippen MR) is 151 cm³/mol. The first-order valence-electron chi connectivity index (χ1n) is 13.0. The molecule has 0 heterocycles. The predicted octanol–water partition coefficient (Wildman–Crippen LogP) is 4.65. The summed E-state index contributed by atoms with van der Waals surface area (Å²) in [5.41, 5.74) is 8.95. The summed E-state index contributed by atoms with van der Waals surface area (Å²) in [6, 6.07) is 31.3. The molecule has 0 saturated carbocycles. The van der Waals surface area contributed by atoms with Gasteiger partial charge in [0, 0.05) is 25.2 Å². The molecule has 184 valence electrons. The van der Waals surface area contributed by atoms with Crippen LogP contribution in [0, 0.1) is 0 Å². The molecule has 0 aliphatic carbocycles. The van der Waals surface area contributed by atoms with E-state index < -0.39 is 0 Å². The molecule has 0 amide bonds. The standard InChI is InChI=1S/C31H40N4/c1-33-18-7-13-29(34-19-17-24-15-16-25-8-2-3-10-27(25)20-24)23-35-30(22-32)21-28-12-6-11-26-9-4-5-14-31(26)28/h2-6,8-12,14-16,20,29-30,33-35H,7,13,17-19,21-23,32H2,1H3. The minimum Gasteiger partial charge on any atom is -0.329 e. The Bertz CT molecular complexity index is 1180. The zero-order chi connectivity index (χ0) is 24.3. The van der Waals surface area contributed by atoms with Gasteiger partial charge >= 0.3 is 0 Å². The van der Waals surface area contributed by atoms with Crippen LogP contribution in [-0.2, 0) is 12.8 Å². The highest BCUT2D eigenvalue weighted by atomic mass is 15.0. The first kappa shape index (κ1) is 25.3. The van der Waals surface area contributed by atoms with Crippen molar-refractivity contribution < 1.29 is 0 Å². The Hall–Kier alpha value is -2.76. The molecule has 2 unspecified atom stereocenters. The average Bonchev–Trinajstić information content (AvgIpc) is 2.90. The van der Waals surface area contributed by atoms with Crippen molar-refractivity contribution in [2.75, 3.05) is 33.2 Å². The van der Waals surface area contributed by atoms with Crippen LogP contribution in [0.2, 0.25) is 0 Å². The third-order valence-electron chi connectivity index (χ3n) is 6.92.